The molecule has 2 aromatic rings. The number of carbonyl (C=O) groups is 1. The molecule has 1 saturated heterocycles. The number of nitrogens with one attached hydrogen (secondary N) is 1. The molecule has 0 saturated carbocycles. The molecule has 0 atom stereocenters. The lowest BCUT2D eigenvalue weighted by molar-refractivity contribution is 0.0951. The molecule has 0 aliphatic carbocycles. The van der Waals surface area contributed by atoms with E-state index in [2.05, 4.69) is 28.2 Å². The van der Waals surface area contributed by atoms with E-state index in [1.807, 2.05) is 6.07 Å². The lowest BCUT2D eigenvalue weighted by Gasteiger charge is -2.28. The molecule has 0 unspecified atom stereocenters. The van der Waals surface area contributed by atoms with Gasteiger partial charge in [0.05, 0.1) is 6.54 Å². The Morgan fingerprint density at radius 1 is 1.27 bits per heavy atom. The van der Waals surface area contributed by atoms with E-state index in [-0.39, 0.29) is 5.91 Å². The van der Waals surface area contributed by atoms with Crippen LogP contribution in [-0.2, 0) is 16.6 Å². The smallest absolute Gasteiger partial charge is 0.252 e. The Hall–Kier alpha value is -1.22. The standard InChI is InChI=1S/C18H21BrN2O3S2/c1-13-7-9-21(10-8-13)26(23,24)17-6-5-16(25-17)12-20-18(22)14-3-2-4-15(19)11-14/h2-6,11,13H,7-10,12H2,1H3,(H,20,22). The monoisotopic (exact) mass is 456 g/mol. The van der Waals surface area contributed by atoms with Crippen LogP contribution in [0.25, 0.3) is 0 Å². The molecule has 2 heterocycles. The van der Waals surface area contributed by atoms with E-state index in [4.69, 9.17) is 0 Å². The number of piperidine rings is 1. The van der Waals surface area contributed by atoms with Gasteiger partial charge in [0, 0.05) is 28.0 Å². The van der Waals surface area contributed by atoms with Gasteiger partial charge in [-0.15, -0.1) is 11.3 Å². The fraction of sp³-hybridized carbons (Fsp3) is 0.389. The number of sulfonamides is 1. The highest BCUT2D eigenvalue weighted by Crippen LogP contribution is 2.28. The van der Waals surface area contributed by atoms with Gasteiger partial charge in [0.15, 0.2) is 0 Å². The summed E-state index contributed by atoms with van der Waals surface area (Å²) in [5, 5.41) is 2.83. The second-order valence-corrected chi connectivity index (χ2v) is 10.7. The maximum atomic E-state index is 12.7. The quantitative estimate of drug-likeness (QED) is 0.742. The van der Waals surface area contributed by atoms with Crippen molar-refractivity contribution in [3.05, 3.63) is 51.3 Å². The van der Waals surface area contributed by atoms with E-state index in [1.165, 1.54) is 11.3 Å². The molecule has 1 amide bonds. The number of hydrogen-bond donors (Lipinski definition) is 1. The molecule has 8 heteroatoms. The van der Waals surface area contributed by atoms with E-state index in [9.17, 15) is 13.2 Å². The summed E-state index contributed by atoms with van der Waals surface area (Å²) < 4.78 is 28.3. The van der Waals surface area contributed by atoms with E-state index in [0.717, 1.165) is 22.2 Å². The number of carbonyl (C=O) groups excluding carboxylic acids is 1. The van der Waals surface area contributed by atoms with Crippen molar-refractivity contribution in [1.82, 2.24) is 9.62 Å². The summed E-state index contributed by atoms with van der Waals surface area (Å²) >= 11 is 4.56. The summed E-state index contributed by atoms with van der Waals surface area (Å²) in [6, 6.07) is 10.5. The zero-order valence-corrected chi connectivity index (χ0v) is 17.7. The van der Waals surface area contributed by atoms with Gasteiger partial charge in [0.1, 0.15) is 4.21 Å². The summed E-state index contributed by atoms with van der Waals surface area (Å²) in [4.78, 5) is 13.0. The van der Waals surface area contributed by atoms with Crippen molar-refractivity contribution in [3.63, 3.8) is 0 Å². The molecule has 1 aromatic heterocycles. The molecule has 1 aromatic carbocycles. The maximum Gasteiger partial charge on any atom is 0.252 e. The fourth-order valence-corrected chi connectivity index (χ4v) is 6.16. The fourth-order valence-electron chi connectivity index (χ4n) is 2.84. The Balaban J connectivity index is 1.63. The first kappa shape index (κ1) is 19.5. The molecule has 0 spiro atoms. The first-order chi connectivity index (χ1) is 12.4. The number of thiophene rings is 1. The van der Waals surface area contributed by atoms with Crippen LogP contribution in [0.3, 0.4) is 0 Å². The van der Waals surface area contributed by atoms with Crippen molar-refractivity contribution in [2.24, 2.45) is 5.92 Å². The number of benzene rings is 1. The Kier molecular flexibility index (Phi) is 6.17. The molecule has 1 aliphatic rings. The molecule has 140 valence electrons. The van der Waals surface area contributed by atoms with E-state index >= 15 is 0 Å². The van der Waals surface area contributed by atoms with Crippen molar-refractivity contribution >= 4 is 43.2 Å². The van der Waals surface area contributed by atoms with Gasteiger partial charge in [-0.25, -0.2) is 8.42 Å². The molecule has 0 bridgehead atoms. The normalized spacial score (nSPS) is 16.5. The Labute approximate surface area is 166 Å². The molecule has 5 nitrogen and oxygen atoms in total. The van der Waals surface area contributed by atoms with Gasteiger partial charge >= 0.3 is 0 Å². The molecule has 1 aliphatic heterocycles. The summed E-state index contributed by atoms with van der Waals surface area (Å²) in [5.74, 6) is 0.391. The summed E-state index contributed by atoms with van der Waals surface area (Å²) in [5.41, 5.74) is 0.561. The van der Waals surface area contributed by atoms with E-state index in [1.54, 1.807) is 34.6 Å². The topological polar surface area (TPSA) is 66.5 Å². The van der Waals surface area contributed by atoms with Crippen LogP contribution in [0.1, 0.15) is 35.0 Å². The molecule has 1 N–H and O–H groups in total. The highest BCUT2D eigenvalue weighted by Gasteiger charge is 2.29. The highest BCUT2D eigenvalue weighted by atomic mass is 79.9. The molecular formula is C18H21BrN2O3S2. The van der Waals surface area contributed by atoms with Crippen LogP contribution in [-0.4, -0.2) is 31.7 Å². The molecular weight excluding hydrogens is 436 g/mol. The first-order valence-corrected chi connectivity index (χ1v) is 11.5. The van der Waals surface area contributed by atoms with Gasteiger partial charge in [0.2, 0.25) is 0 Å². The number of rotatable bonds is 5. The lowest BCUT2D eigenvalue weighted by Crippen LogP contribution is -2.37. The molecule has 26 heavy (non-hydrogen) atoms. The highest BCUT2D eigenvalue weighted by molar-refractivity contribution is 9.10. The van der Waals surface area contributed by atoms with Crippen LogP contribution in [0.15, 0.2) is 45.1 Å². The van der Waals surface area contributed by atoms with Crippen LogP contribution in [0, 0.1) is 5.92 Å². The zero-order valence-electron chi connectivity index (χ0n) is 14.4. The maximum absolute atomic E-state index is 12.7. The Bertz CT molecular complexity index is 887. The summed E-state index contributed by atoms with van der Waals surface area (Å²) in [6.07, 6.45) is 1.81. The second kappa shape index (κ2) is 8.21. The Morgan fingerprint density at radius 3 is 2.69 bits per heavy atom. The van der Waals surface area contributed by atoms with Crippen molar-refractivity contribution in [1.29, 1.82) is 0 Å². The summed E-state index contributed by atoms with van der Waals surface area (Å²) in [7, 11) is -3.43. The number of nitrogens with zero attached hydrogens (tertiary/aromatic N) is 1. The Morgan fingerprint density at radius 2 is 2.00 bits per heavy atom. The van der Waals surface area contributed by atoms with Crippen LogP contribution in [0.5, 0.6) is 0 Å². The van der Waals surface area contributed by atoms with E-state index in [0.29, 0.717) is 35.3 Å². The predicted molar refractivity (Wildman–Crippen MR) is 107 cm³/mol. The van der Waals surface area contributed by atoms with Crippen LogP contribution >= 0.6 is 27.3 Å². The predicted octanol–water partition coefficient (Wildman–Crippen LogP) is 3.86. The largest absolute Gasteiger partial charge is 0.347 e. The summed E-state index contributed by atoms with van der Waals surface area (Å²) in [6.45, 7) is 3.62. The number of halogens is 1. The van der Waals surface area contributed by atoms with Gasteiger partial charge in [0.25, 0.3) is 15.9 Å². The van der Waals surface area contributed by atoms with Crippen LogP contribution in [0.4, 0.5) is 0 Å². The average molecular weight is 457 g/mol. The van der Waals surface area contributed by atoms with Gasteiger partial charge < -0.3 is 5.32 Å². The third-order valence-electron chi connectivity index (χ3n) is 4.48. The van der Waals surface area contributed by atoms with Crippen molar-refractivity contribution in [3.8, 4) is 0 Å². The van der Waals surface area contributed by atoms with E-state index < -0.39 is 10.0 Å². The van der Waals surface area contributed by atoms with Gasteiger partial charge in [-0.1, -0.05) is 28.9 Å². The molecule has 1 fully saturated rings. The van der Waals surface area contributed by atoms with Gasteiger partial charge in [-0.05, 0) is 49.1 Å². The van der Waals surface area contributed by atoms with Crippen molar-refractivity contribution in [2.45, 2.75) is 30.5 Å². The minimum Gasteiger partial charge on any atom is -0.347 e. The average Bonchev–Trinajstić information content (AvgIpc) is 3.10. The number of amides is 1. The zero-order chi connectivity index (χ0) is 18.7. The minimum absolute atomic E-state index is 0.186. The van der Waals surface area contributed by atoms with Gasteiger partial charge in [-0.2, -0.15) is 4.31 Å². The molecule has 0 radical (unpaired) electrons. The third-order valence-corrected chi connectivity index (χ3v) is 8.43. The van der Waals surface area contributed by atoms with Crippen LogP contribution < -0.4 is 5.32 Å². The third kappa shape index (κ3) is 4.54. The second-order valence-electron chi connectivity index (χ2n) is 6.50. The van der Waals surface area contributed by atoms with Crippen molar-refractivity contribution < 1.29 is 13.2 Å². The molecule has 3 rings (SSSR count). The van der Waals surface area contributed by atoms with Gasteiger partial charge in [-0.3, -0.25) is 4.79 Å². The number of hydrogen-bond acceptors (Lipinski definition) is 4. The first-order valence-electron chi connectivity index (χ1n) is 8.49. The van der Waals surface area contributed by atoms with Crippen molar-refractivity contribution in [2.75, 3.05) is 13.1 Å². The SMILES string of the molecule is CC1CCN(S(=O)(=O)c2ccc(CNC(=O)c3cccc(Br)c3)s2)CC1. The minimum atomic E-state index is -3.43. The lowest BCUT2D eigenvalue weighted by atomic mass is 10.0. The van der Waals surface area contributed by atoms with Crippen LogP contribution in [0.2, 0.25) is 0 Å².